The lowest BCUT2D eigenvalue weighted by molar-refractivity contribution is 0.0976. The maximum Gasteiger partial charge on any atom is 0.166 e. The quantitative estimate of drug-likeness (QED) is 0.480. The molecule has 1 N–H and O–H groups in total. The molecule has 1 atom stereocenters. The third-order valence-corrected chi connectivity index (χ3v) is 6.12. The van der Waals surface area contributed by atoms with Crippen LogP contribution in [0.3, 0.4) is 0 Å². The first-order valence-corrected chi connectivity index (χ1v) is 8.75. The molecule has 0 amide bonds. The zero-order valence-electron chi connectivity index (χ0n) is 10.3. The Labute approximate surface area is 116 Å². The second-order valence-electron chi connectivity index (χ2n) is 4.51. The average molecular weight is 282 g/mol. The van der Waals surface area contributed by atoms with Gasteiger partial charge in [-0.05, 0) is 31.4 Å². The maximum absolute atomic E-state index is 11.9. The number of benzene rings is 1. The zero-order valence-corrected chi connectivity index (χ0v) is 11.9. The molecule has 98 valence electrons. The van der Waals surface area contributed by atoms with Gasteiger partial charge in [-0.3, -0.25) is 4.79 Å². The van der Waals surface area contributed by atoms with Gasteiger partial charge in [0.15, 0.2) is 5.78 Å². The molecule has 1 saturated heterocycles. The SMILES string of the molecule is O=C(CCCCC1CCSS1)c1ccccc1O. The number of unbranched alkanes of at least 4 members (excludes halogenated alkanes) is 1. The molecule has 4 heteroatoms. The maximum atomic E-state index is 11.9. The minimum Gasteiger partial charge on any atom is -0.507 e. The van der Waals surface area contributed by atoms with Gasteiger partial charge in [0.1, 0.15) is 5.75 Å². The molecule has 0 radical (unpaired) electrons. The predicted octanol–water partition coefficient (Wildman–Crippen LogP) is 4.29. The van der Waals surface area contributed by atoms with Gasteiger partial charge in [-0.2, -0.15) is 0 Å². The first-order valence-electron chi connectivity index (χ1n) is 6.37. The summed E-state index contributed by atoms with van der Waals surface area (Å²) in [7, 11) is 3.95. The van der Waals surface area contributed by atoms with Crippen LogP contribution in [-0.4, -0.2) is 21.9 Å². The van der Waals surface area contributed by atoms with Crippen LogP contribution < -0.4 is 0 Å². The minimum absolute atomic E-state index is 0.0570. The lowest BCUT2D eigenvalue weighted by atomic mass is 10.0. The Hall–Kier alpha value is -0.610. The Morgan fingerprint density at radius 1 is 1.33 bits per heavy atom. The summed E-state index contributed by atoms with van der Waals surface area (Å²) in [5.41, 5.74) is 0.461. The van der Waals surface area contributed by atoms with Crippen molar-refractivity contribution < 1.29 is 9.90 Å². The molecule has 1 heterocycles. The molecule has 2 rings (SSSR count). The number of carbonyl (C=O) groups excluding carboxylic acids is 1. The van der Waals surface area contributed by atoms with Crippen molar-refractivity contribution in [2.75, 3.05) is 5.75 Å². The number of carbonyl (C=O) groups is 1. The van der Waals surface area contributed by atoms with Gasteiger partial charge < -0.3 is 5.11 Å². The Morgan fingerprint density at radius 2 is 2.17 bits per heavy atom. The van der Waals surface area contributed by atoms with Gasteiger partial charge in [-0.15, -0.1) is 0 Å². The van der Waals surface area contributed by atoms with Crippen LogP contribution >= 0.6 is 21.6 Å². The zero-order chi connectivity index (χ0) is 12.8. The van der Waals surface area contributed by atoms with Crippen molar-refractivity contribution in [1.29, 1.82) is 0 Å². The van der Waals surface area contributed by atoms with Crippen LogP contribution in [0.5, 0.6) is 5.75 Å². The van der Waals surface area contributed by atoms with Crippen LogP contribution in [0.15, 0.2) is 24.3 Å². The Balaban J connectivity index is 1.70. The summed E-state index contributed by atoms with van der Waals surface area (Å²) in [5.74, 6) is 1.43. The second-order valence-corrected chi connectivity index (χ2v) is 7.30. The fourth-order valence-electron chi connectivity index (χ4n) is 2.07. The summed E-state index contributed by atoms with van der Waals surface area (Å²) in [6.07, 6.45) is 5.10. The Kier molecular flexibility index (Phi) is 5.45. The van der Waals surface area contributed by atoms with Gasteiger partial charge >= 0.3 is 0 Å². The molecule has 0 aliphatic carbocycles. The standard InChI is InChI=1S/C14H18O2S2/c15-13(12-6-2-4-8-14(12)16)7-3-1-5-11-9-10-17-18-11/h2,4,6,8,11,16H,1,3,5,7,9-10H2. The highest BCUT2D eigenvalue weighted by molar-refractivity contribution is 8.77. The van der Waals surface area contributed by atoms with Crippen LogP contribution in [0.1, 0.15) is 42.5 Å². The number of para-hydroxylation sites is 1. The van der Waals surface area contributed by atoms with Gasteiger partial charge in [0.2, 0.25) is 0 Å². The van der Waals surface area contributed by atoms with Crippen LogP contribution in [0.25, 0.3) is 0 Å². The number of aromatic hydroxyl groups is 1. The molecule has 18 heavy (non-hydrogen) atoms. The van der Waals surface area contributed by atoms with Crippen LogP contribution in [0.4, 0.5) is 0 Å². The molecule has 1 aliphatic heterocycles. The average Bonchev–Trinajstić information content (AvgIpc) is 2.88. The molecule has 1 aliphatic rings. The number of phenols is 1. The highest BCUT2D eigenvalue weighted by atomic mass is 33.1. The van der Waals surface area contributed by atoms with Crippen molar-refractivity contribution in [3.05, 3.63) is 29.8 Å². The smallest absolute Gasteiger partial charge is 0.166 e. The van der Waals surface area contributed by atoms with E-state index in [1.165, 1.54) is 18.6 Å². The van der Waals surface area contributed by atoms with E-state index >= 15 is 0 Å². The monoisotopic (exact) mass is 282 g/mol. The van der Waals surface area contributed by atoms with Gasteiger partial charge in [0.25, 0.3) is 0 Å². The summed E-state index contributed by atoms with van der Waals surface area (Å²) in [6.45, 7) is 0. The number of Topliss-reactive ketones (excluding diaryl/α,β-unsaturated/α-hetero) is 1. The molecule has 0 bridgehead atoms. The summed E-state index contributed by atoms with van der Waals surface area (Å²) in [6, 6.07) is 6.79. The molecular formula is C14H18O2S2. The lowest BCUT2D eigenvalue weighted by Gasteiger charge is -2.07. The topological polar surface area (TPSA) is 37.3 Å². The van der Waals surface area contributed by atoms with Gasteiger partial charge in [-0.25, -0.2) is 0 Å². The second kappa shape index (κ2) is 7.10. The van der Waals surface area contributed by atoms with E-state index in [0.29, 0.717) is 12.0 Å². The van der Waals surface area contributed by atoms with E-state index in [2.05, 4.69) is 0 Å². The largest absolute Gasteiger partial charge is 0.507 e. The lowest BCUT2D eigenvalue weighted by Crippen LogP contribution is -2.01. The molecule has 0 aromatic heterocycles. The fourth-order valence-corrected chi connectivity index (χ4v) is 5.09. The summed E-state index contributed by atoms with van der Waals surface area (Å²) < 4.78 is 0. The van der Waals surface area contributed by atoms with E-state index in [-0.39, 0.29) is 11.5 Å². The van der Waals surface area contributed by atoms with E-state index in [4.69, 9.17) is 0 Å². The van der Waals surface area contributed by atoms with Crippen molar-refractivity contribution in [2.24, 2.45) is 0 Å². The summed E-state index contributed by atoms with van der Waals surface area (Å²) >= 11 is 0. The van der Waals surface area contributed by atoms with Crippen molar-refractivity contribution in [3.8, 4) is 5.75 Å². The van der Waals surface area contributed by atoms with E-state index < -0.39 is 0 Å². The first kappa shape index (κ1) is 13.8. The van der Waals surface area contributed by atoms with E-state index in [0.717, 1.165) is 18.1 Å². The van der Waals surface area contributed by atoms with E-state index in [9.17, 15) is 9.90 Å². The number of hydrogen-bond acceptors (Lipinski definition) is 4. The van der Waals surface area contributed by atoms with E-state index in [1.54, 1.807) is 24.3 Å². The molecular weight excluding hydrogens is 264 g/mol. The molecule has 1 aromatic carbocycles. The van der Waals surface area contributed by atoms with Crippen molar-refractivity contribution in [3.63, 3.8) is 0 Å². The highest BCUT2D eigenvalue weighted by Gasteiger charge is 2.16. The number of hydrogen-bond donors (Lipinski definition) is 1. The van der Waals surface area contributed by atoms with E-state index in [1.807, 2.05) is 21.6 Å². The van der Waals surface area contributed by atoms with Crippen LogP contribution in [0, 0.1) is 0 Å². The highest BCUT2D eigenvalue weighted by Crippen LogP contribution is 2.39. The molecule has 1 aromatic rings. The normalized spacial score (nSPS) is 19.0. The summed E-state index contributed by atoms with van der Waals surface area (Å²) in [5, 5.41) is 10.4. The van der Waals surface area contributed by atoms with Gasteiger partial charge in [-0.1, -0.05) is 40.1 Å². The molecule has 0 spiro atoms. The van der Waals surface area contributed by atoms with Crippen molar-refractivity contribution >= 4 is 27.4 Å². The third-order valence-electron chi connectivity index (χ3n) is 3.11. The summed E-state index contributed by atoms with van der Waals surface area (Å²) in [4.78, 5) is 11.9. The van der Waals surface area contributed by atoms with Crippen LogP contribution in [-0.2, 0) is 0 Å². The molecule has 1 fully saturated rings. The molecule has 2 nitrogen and oxygen atoms in total. The number of ketones is 1. The number of rotatable bonds is 6. The number of phenolic OH excluding ortho intramolecular Hbond substituents is 1. The van der Waals surface area contributed by atoms with Crippen LogP contribution in [0.2, 0.25) is 0 Å². The fraction of sp³-hybridized carbons (Fsp3) is 0.500. The molecule has 1 unspecified atom stereocenters. The van der Waals surface area contributed by atoms with Gasteiger partial charge in [0.05, 0.1) is 5.56 Å². The van der Waals surface area contributed by atoms with Crippen molar-refractivity contribution in [1.82, 2.24) is 0 Å². The first-order chi connectivity index (χ1) is 8.77. The third kappa shape index (κ3) is 3.95. The predicted molar refractivity (Wildman–Crippen MR) is 79.4 cm³/mol. The Bertz CT molecular complexity index is 401. The minimum atomic E-state index is 0.0570. The molecule has 0 saturated carbocycles. The van der Waals surface area contributed by atoms with Gasteiger partial charge in [0, 0.05) is 17.4 Å². The van der Waals surface area contributed by atoms with Crippen molar-refractivity contribution in [2.45, 2.75) is 37.4 Å². The Morgan fingerprint density at radius 3 is 2.89 bits per heavy atom.